The molecule has 1 unspecified atom stereocenters. The van der Waals surface area contributed by atoms with Crippen LogP contribution in [0.4, 0.5) is 0 Å². The van der Waals surface area contributed by atoms with E-state index in [2.05, 4.69) is 57.3 Å². The maximum atomic E-state index is 8.89. The minimum Gasteiger partial charge on any atom is -0.396 e. The molecule has 0 saturated heterocycles. The van der Waals surface area contributed by atoms with Gasteiger partial charge in [0.25, 0.3) is 0 Å². The number of aliphatic hydroxyl groups excluding tert-OH is 1. The highest BCUT2D eigenvalue weighted by Gasteiger charge is 2.18. The lowest BCUT2D eigenvalue weighted by Gasteiger charge is -2.27. The third kappa shape index (κ3) is 5.19. The molecule has 1 aromatic rings. The third-order valence-electron chi connectivity index (χ3n) is 3.48. The highest BCUT2D eigenvalue weighted by Crippen LogP contribution is 2.22. The number of aryl methyl sites for hydroxylation is 1. The van der Waals surface area contributed by atoms with Gasteiger partial charge in [0.15, 0.2) is 0 Å². The molecule has 0 aliphatic heterocycles. The van der Waals surface area contributed by atoms with Crippen LogP contribution in [0.1, 0.15) is 50.8 Å². The van der Waals surface area contributed by atoms with E-state index in [4.69, 9.17) is 5.11 Å². The Kier molecular flexibility index (Phi) is 5.83. The fourth-order valence-corrected chi connectivity index (χ4v) is 2.05. The normalized spacial score (nSPS) is 13.6. The van der Waals surface area contributed by atoms with Gasteiger partial charge in [-0.15, -0.1) is 0 Å². The average molecular weight is 249 g/mol. The van der Waals surface area contributed by atoms with Gasteiger partial charge in [-0.25, -0.2) is 0 Å². The molecule has 0 aliphatic carbocycles. The molecule has 0 aromatic heterocycles. The highest BCUT2D eigenvalue weighted by molar-refractivity contribution is 5.23. The summed E-state index contributed by atoms with van der Waals surface area (Å²) in [5.74, 6) is 0. The number of benzene rings is 1. The Labute approximate surface area is 111 Å². The first-order valence-electron chi connectivity index (χ1n) is 6.85. The molecule has 0 bridgehead atoms. The van der Waals surface area contributed by atoms with Crippen LogP contribution in [0.5, 0.6) is 0 Å². The van der Waals surface area contributed by atoms with E-state index in [1.54, 1.807) is 0 Å². The van der Waals surface area contributed by atoms with Gasteiger partial charge >= 0.3 is 0 Å². The van der Waals surface area contributed by atoms with Crippen LogP contribution in [0.3, 0.4) is 0 Å². The van der Waals surface area contributed by atoms with Gasteiger partial charge in [0, 0.05) is 19.2 Å². The first kappa shape index (κ1) is 15.2. The number of rotatable bonds is 7. The van der Waals surface area contributed by atoms with Crippen LogP contribution in [0.25, 0.3) is 0 Å². The van der Waals surface area contributed by atoms with E-state index in [1.807, 2.05) is 0 Å². The van der Waals surface area contributed by atoms with Crippen LogP contribution < -0.4 is 5.32 Å². The van der Waals surface area contributed by atoms with Crippen LogP contribution in [-0.4, -0.2) is 18.3 Å². The molecule has 0 fully saturated rings. The molecule has 1 rings (SSSR count). The van der Waals surface area contributed by atoms with E-state index in [9.17, 15) is 0 Å². The summed E-state index contributed by atoms with van der Waals surface area (Å²) in [5, 5.41) is 12.5. The van der Waals surface area contributed by atoms with Crippen molar-refractivity contribution in [1.82, 2.24) is 5.32 Å². The first-order chi connectivity index (χ1) is 8.44. The summed E-state index contributed by atoms with van der Waals surface area (Å²) in [5.41, 5.74) is 2.87. The van der Waals surface area contributed by atoms with Crippen LogP contribution in [-0.2, 0) is 0 Å². The van der Waals surface area contributed by atoms with Crippen molar-refractivity contribution in [3.63, 3.8) is 0 Å². The maximum absolute atomic E-state index is 8.89. The van der Waals surface area contributed by atoms with Crippen LogP contribution in [0.2, 0.25) is 0 Å². The molecule has 2 nitrogen and oxygen atoms in total. The van der Waals surface area contributed by atoms with Gasteiger partial charge in [0.1, 0.15) is 0 Å². The number of aliphatic hydroxyl groups is 1. The molecule has 0 aliphatic rings. The zero-order chi connectivity index (χ0) is 13.6. The van der Waals surface area contributed by atoms with Crippen molar-refractivity contribution in [1.29, 1.82) is 0 Å². The zero-order valence-corrected chi connectivity index (χ0v) is 12.2. The highest BCUT2D eigenvalue weighted by atomic mass is 16.2. The van der Waals surface area contributed by atoms with Crippen molar-refractivity contribution >= 4 is 0 Å². The van der Waals surface area contributed by atoms with Crippen LogP contribution >= 0.6 is 0 Å². The summed E-state index contributed by atoms with van der Waals surface area (Å²) >= 11 is 0. The summed E-state index contributed by atoms with van der Waals surface area (Å²) in [7, 11) is 0. The molecule has 0 radical (unpaired) electrons. The Morgan fingerprint density at radius 2 is 1.83 bits per heavy atom. The Morgan fingerprint density at radius 1 is 1.22 bits per heavy atom. The maximum Gasteiger partial charge on any atom is 0.0431 e. The predicted octanol–water partition coefficient (Wildman–Crippen LogP) is 3.44. The smallest absolute Gasteiger partial charge is 0.0431 e. The van der Waals surface area contributed by atoms with Gasteiger partial charge < -0.3 is 10.4 Å². The second kappa shape index (κ2) is 6.91. The van der Waals surface area contributed by atoms with Crippen molar-refractivity contribution in [3.8, 4) is 0 Å². The monoisotopic (exact) mass is 249 g/mol. The van der Waals surface area contributed by atoms with E-state index in [0.29, 0.717) is 6.04 Å². The SMILES string of the molecule is Cc1ccc(C(C)NCC(C)(C)CCCO)cc1. The summed E-state index contributed by atoms with van der Waals surface area (Å²) in [6.07, 6.45) is 1.94. The van der Waals surface area contributed by atoms with Crippen molar-refractivity contribution in [2.45, 2.75) is 46.6 Å². The van der Waals surface area contributed by atoms with Gasteiger partial charge in [0.05, 0.1) is 0 Å². The largest absolute Gasteiger partial charge is 0.396 e. The Balaban J connectivity index is 2.45. The second-order valence-electron chi connectivity index (χ2n) is 6.00. The van der Waals surface area contributed by atoms with E-state index in [0.717, 1.165) is 19.4 Å². The molecule has 102 valence electrons. The van der Waals surface area contributed by atoms with Crippen molar-refractivity contribution in [2.75, 3.05) is 13.2 Å². The van der Waals surface area contributed by atoms with Gasteiger partial charge in [-0.05, 0) is 37.7 Å². The van der Waals surface area contributed by atoms with E-state index in [-0.39, 0.29) is 12.0 Å². The predicted molar refractivity (Wildman–Crippen MR) is 77.7 cm³/mol. The molecule has 2 heteroatoms. The average Bonchev–Trinajstić information content (AvgIpc) is 2.35. The second-order valence-corrected chi connectivity index (χ2v) is 6.00. The Morgan fingerprint density at radius 3 is 2.39 bits per heavy atom. The molecule has 2 N–H and O–H groups in total. The summed E-state index contributed by atoms with van der Waals surface area (Å²) < 4.78 is 0. The molecule has 1 aromatic carbocycles. The van der Waals surface area contributed by atoms with E-state index in [1.165, 1.54) is 11.1 Å². The molecule has 0 amide bonds. The van der Waals surface area contributed by atoms with Gasteiger partial charge in [-0.1, -0.05) is 43.7 Å². The van der Waals surface area contributed by atoms with Crippen molar-refractivity contribution in [3.05, 3.63) is 35.4 Å². The summed E-state index contributed by atoms with van der Waals surface area (Å²) in [6.45, 7) is 10.1. The summed E-state index contributed by atoms with van der Waals surface area (Å²) in [4.78, 5) is 0. The van der Waals surface area contributed by atoms with Crippen LogP contribution in [0.15, 0.2) is 24.3 Å². The number of hydrogen-bond acceptors (Lipinski definition) is 2. The Hall–Kier alpha value is -0.860. The summed E-state index contributed by atoms with van der Waals surface area (Å²) in [6, 6.07) is 9.06. The lowest BCUT2D eigenvalue weighted by atomic mass is 9.87. The van der Waals surface area contributed by atoms with Crippen LogP contribution in [0, 0.1) is 12.3 Å². The molecule has 0 saturated carbocycles. The van der Waals surface area contributed by atoms with Crippen molar-refractivity contribution < 1.29 is 5.11 Å². The lowest BCUT2D eigenvalue weighted by Crippen LogP contribution is -2.31. The minimum absolute atomic E-state index is 0.238. The quantitative estimate of drug-likeness (QED) is 0.776. The lowest BCUT2D eigenvalue weighted by molar-refractivity contribution is 0.233. The number of hydrogen-bond donors (Lipinski definition) is 2. The van der Waals surface area contributed by atoms with Gasteiger partial charge in [-0.2, -0.15) is 0 Å². The fraction of sp³-hybridized carbons (Fsp3) is 0.625. The van der Waals surface area contributed by atoms with E-state index >= 15 is 0 Å². The molecule has 0 spiro atoms. The Bertz CT molecular complexity index is 343. The van der Waals surface area contributed by atoms with Gasteiger partial charge in [-0.3, -0.25) is 0 Å². The molecule has 1 atom stereocenters. The third-order valence-corrected chi connectivity index (χ3v) is 3.48. The van der Waals surface area contributed by atoms with Gasteiger partial charge in [0.2, 0.25) is 0 Å². The molecular formula is C16H27NO. The molecule has 0 heterocycles. The molecular weight excluding hydrogens is 222 g/mol. The minimum atomic E-state index is 0.238. The van der Waals surface area contributed by atoms with Crippen molar-refractivity contribution in [2.24, 2.45) is 5.41 Å². The standard InChI is InChI=1S/C16H27NO/c1-13-6-8-15(9-7-13)14(2)17-12-16(3,4)10-5-11-18/h6-9,14,17-18H,5,10-12H2,1-4H3. The first-order valence-corrected chi connectivity index (χ1v) is 6.85. The van der Waals surface area contributed by atoms with E-state index < -0.39 is 0 Å². The topological polar surface area (TPSA) is 32.3 Å². The number of nitrogens with one attached hydrogen (secondary N) is 1. The molecule has 18 heavy (non-hydrogen) atoms. The fourth-order valence-electron chi connectivity index (χ4n) is 2.05. The zero-order valence-electron chi connectivity index (χ0n) is 12.2.